The summed E-state index contributed by atoms with van der Waals surface area (Å²) in [6.07, 6.45) is 4.21. The van der Waals surface area contributed by atoms with E-state index in [9.17, 15) is 9.90 Å². The highest BCUT2D eigenvalue weighted by atomic mass is 16.5. The van der Waals surface area contributed by atoms with Crippen LogP contribution in [0, 0.1) is 0 Å². The standard InChI is InChI=1S/C12H19NO3/c1-2-11(15)13-6-4-12(5-7-13)9-10(14)3-8-16-12/h2,10,14H,1,3-9H2. The Bertz CT molecular complexity index is 282. The molecule has 0 aromatic rings. The van der Waals surface area contributed by atoms with Gasteiger partial charge < -0.3 is 14.7 Å². The number of hydrogen-bond acceptors (Lipinski definition) is 3. The molecule has 0 aromatic carbocycles. The van der Waals surface area contributed by atoms with Gasteiger partial charge in [-0.25, -0.2) is 0 Å². The second kappa shape index (κ2) is 4.55. The molecule has 2 rings (SSSR count). The van der Waals surface area contributed by atoms with Gasteiger partial charge in [-0.15, -0.1) is 0 Å². The zero-order chi connectivity index (χ0) is 11.6. The molecule has 1 spiro atoms. The van der Waals surface area contributed by atoms with Crippen LogP contribution in [0.2, 0.25) is 0 Å². The molecule has 1 atom stereocenters. The fraction of sp³-hybridized carbons (Fsp3) is 0.750. The third-order valence-corrected chi connectivity index (χ3v) is 3.63. The molecule has 16 heavy (non-hydrogen) atoms. The number of piperidine rings is 1. The van der Waals surface area contributed by atoms with Crippen LogP contribution in [-0.2, 0) is 9.53 Å². The molecule has 2 heterocycles. The van der Waals surface area contributed by atoms with Crippen LogP contribution in [0.3, 0.4) is 0 Å². The third kappa shape index (κ3) is 2.28. The lowest BCUT2D eigenvalue weighted by Crippen LogP contribution is -2.51. The fourth-order valence-corrected chi connectivity index (χ4v) is 2.61. The number of hydrogen-bond donors (Lipinski definition) is 1. The highest BCUT2D eigenvalue weighted by Crippen LogP contribution is 2.34. The first-order chi connectivity index (χ1) is 7.65. The summed E-state index contributed by atoms with van der Waals surface area (Å²) < 4.78 is 5.81. The summed E-state index contributed by atoms with van der Waals surface area (Å²) in [7, 11) is 0. The molecule has 2 aliphatic heterocycles. The fourth-order valence-electron chi connectivity index (χ4n) is 2.61. The average Bonchev–Trinajstić information content (AvgIpc) is 2.29. The first-order valence-corrected chi connectivity index (χ1v) is 5.89. The third-order valence-electron chi connectivity index (χ3n) is 3.63. The number of amides is 1. The van der Waals surface area contributed by atoms with Crippen LogP contribution < -0.4 is 0 Å². The summed E-state index contributed by atoms with van der Waals surface area (Å²) in [4.78, 5) is 13.2. The van der Waals surface area contributed by atoms with E-state index in [1.807, 2.05) is 0 Å². The lowest BCUT2D eigenvalue weighted by Gasteiger charge is -2.45. The maximum absolute atomic E-state index is 11.4. The highest BCUT2D eigenvalue weighted by molar-refractivity contribution is 5.87. The van der Waals surface area contributed by atoms with Gasteiger partial charge in [-0.3, -0.25) is 4.79 Å². The SMILES string of the molecule is C=CC(=O)N1CCC2(CC1)CC(O)CCO2. The maximum Gasteiger partial charge on any atom is 0.245 e. The molecular formula is C12H19NO3. The van der Waals surface area contributed by atoms with Crippen LogP contribution in [0.1, 0.15) is 25.7 Å². The molecule has 0 saturated carbocycles. The van der Waals surface area contributed by atoms with E-state index in [0.717, 1.165) is 19.3 Å². The van der Waals surface area contributed by atoms with Crippen LogP contribution in [0.15, 0.2) is 12.7 Å². The van der Waals surface area contributed by atoms with Crippen molar-refractivity contribution in [2.45, 2.75) is 37.4 Å². The van der Waals surface area contributed by atoms with E-state index in [2.05, 4.69) is 6.58 Å². The van der Waals surface area contributed by atoms with Gasteiger partial charge in [0.1, 0.15) is 0 Å². The van der Waals surface area contributed by atoms with Crippen LogP contribution in [-0.4, -0.2) is 47.3 Å². The Balaban J connectivity index is 1.93. The van der Waals surface area contributed by atoms with E-state index in [0.29, 0.717) is 26.1 Å². The number of likely N-dealkylation sites (tertiary alicyclic amines) is 1. The molecule has 1 unspecified atom stereocenters. The van der Waals surface area contributed by atoms with Gasteiger partial charge in [0, 0.05) is 26.1 Å². The van der Waals surface area contributed by atoms with Crippen molar-refractivity contribution in [2.24, 2.45) is 0 Å². The minimum absolute atomic E-state index is 0.00814. The van der Waals surface area contributed by atoms with Crippen LogP contribution >= 0.6 is 0 Å². The topological polar surface area (TPSA) is 49.8 Å². The minimum atomic E-state index is -0.240. The Morgan fingerprint density at radius 2 is 2.19 bits per heavy atom. The van der Waals surface area contributed by atoms with Crippen LogP contribution in [0.4, 0.5) is 0 Å². The number of aliphatic hydroxyl groups excluding tert-OH is 1. The average molecular weight is 225 g/mol. The predicted octanol–water partition coefficient (Wildman–Crippen LogP) is 0.705. The molecule has 2 saturated heterocycles. The van der Waals surface area contributed by atoms with Crippen molar-refractivity contribution in [3.63, 3.8) is 0 Å². The maximum atomic E-state index is 11.4. The second-order valence-corrected chi connectivity index (χ2v) is 4.71. The number of carbonyl (C=O) groups excluding carboxylic acids is 1. The Morgan fingerprint density at radius 3 is 2.75 bits per heavy atom. The Kier molecular flexibility index (Phi) is 3.30. The number of nitrogens with zero attached hydrogens (tertiary/aromatic N) is 1. The normalized spacial score (nSPS) is 29.1. The lowest BCUT2D eigenvalue weighted by molar-refractivity contribution is -0.151. The van der Waals surface area contributed by atoms with Gasteiger partial charge >= 0.3 is 0 Å². The molecule has 2 aliphatic rings. The Morgan fingerprint density at radius 1 is 1.50 bits per heavy atom. The van der Waals surface area contributed by atoms with Gasteiger partial charge in [-0.2, -0.15) is 0 Å². The number of rotatable bonds is 1. The zero-order valence-corrected chi connectivity index (χ0v) is 9.52. The molecule has 2 fully saturated rings. The summed E-state index contributed by atoms with van der Waals surface area (Å²) in [6.45, 7) is 5.54. The van der Waals surface area contributed by atoms with Crippen molar-refractivity contribution in [2.75, 3.05) is 19.7 Å². The van der Waals surface area contributed by atoms with Crippen LogP contribution in [0.25, 0.3) is 0 Å². The Hall–Kier alpha value is -0.870. The minimum Gasteiger partial charge on any atom is -0.393 e. The van der Waals surface area contributed by atoms with Crippen molar-refractivity contribution < 1.29 is 14.6 Å². The zero-order valence-electron chi connectivity index (χ0n) is 9.52. The first-order valence-electron chi connectivity index (χ1n) is 5.89. The van der Waals surface area contributed by atoms with E-state index in [-0.39, 0.29) is 17.6 Å². The quantitative estimate of drug-likeness (QED) is 0.668. The van der Waals surface area contributed by atoms with Crippen molar-refractivity contribution in [1.29, 1.82) is 0 Å². The van der Waals surface area contributed by atoms with E-state index in [1.54, 1.807) is 4.90 Å². The molecule has 0 aromatic heterocycles. The summed E-state index contributed by atoms with van der Waals surface area (Å²) in [5, 5.41) is 9.67. The molecule has 0 aliphatic carbocycles. The highest BCUT2D eigenvalue weighted by Gasteiger charge is 2.40. The van der Waals surface area contributed by atoms with Gasteiger partial charge in [-0.05, 0) is 25.3 Å². The molecule has 4 nitrogen and oxygen atoms in total. The summed E-state index contributed by atoms with van der Waals surface area (Å²) >= 11 is 0. The summed E-state index contributed by atoms with van der Waals surface area (Å²) in [5.74, 6) is -0.00814. The van der Waals surface area contributed by atoms with Crippen molar-refractivity contribution in [1.82, 2.24) is 4.90 Å². The lowest BCUT2D eigenvalue weighted by atomic mass is 9.83. The number of aliphatic hydroxyl groups is 1. The van der Waals surface area contributed by atoms with Crippen molar-refractivity contribution in [3.05, 3.63) is 12.7 Å². The molecule has 1 amide bonds. The van der Waals surface area contributed by atoms with Gasteiger partial charge in [0.15, 0.2) is 0 Å². The van der Waals surface area contributed by atoms with Gasteiger partial charge in [0.25, 0.3) is 0 Å². The second-order valence-electron chi connectivity index (χ2n) is 4.71. The van der Waals surface area contributed by atoms with E-state index in [1.165, 1.54) is 6.08 Å². The molecule has 90 valence electrons. The monoisotopic (exact) mass is 225 g/mol. The molecule has 4 heteroatoms. The smallest absolute Gasteiger partial charge is 0.245 e. The van der Waals surface area contributed by atoms with Crippen LogP contribution in [0.5, 0.6) is 0 Å². The molecule has 0 bridgehead atoms. The number of ether oxygens (including phenoxy) is 1. The molecular weight excluding hydrogens is 206 g/mol. The molecule has 0 radical (unpaired) electrons. The Labute approximate surface area is 95.9 Å². The summed E-state index contributed by atoms with van der Waals surface area (Å²) in [6, 6.07) is 0. The van der Waals surface area contributed by atoms with Gasteiger partial charge in [0.2, 0.25) is 5.91 Å². The largest absolute Gasteiger partial charge is 0.393 e. The van der Waals surface area contributed by atoms with E-state index < -0.39 is 0 Å². The van der Waals surface area contributed by atoms with Crippen molar-refractivity contribution >= 4 is 5.91 Å². The van der Waals surface area contributed by atoms with Crippen molar-refractivity contribution in [3.8, 4) is 0 Å². The summed E-state index contributed by atoms with van der Waals surface area (Å²) in [5.41, 5.74) is -0.185. The first kappa shape index (κ1) is 11.6. The van der Waals surface area contributed by atoms with Gasteiger partial charge in [-0.1, -0.05) is 6.58 Å². The predicted molar refractivity (Wildman–Crippen MR) is 59.9 cm³/mol. The van der Waals surface area contributed by atoms with Gasteiger partial charge in [0.05, 0.1) is 11.7 Å². The molecule has 1 N–H and O–H groups in total. The van der Waals surface area contributed by atoms with E-state index in [4.69, 9.17) is 4.74 Å². The van der Waals surface area contributed by atoms with E-state index >= 15 is 0 Å². The number of carbonyl (C=O) groups is 1.